The highest BCUT2D eigenvalue weighted by molar-refractivity contribution is 6.26. The van der Waals surface area contributed by atoms with Crippen LogP contribution in [0.25, 0.3) is 0 Å². The van der Waals surface area contributed by atoms with Crippen molar-refractivity contribution < 1.29 is 27.9 Å². The van der Waals surface area contributed by atoms with E-state index in [4.69, 9.17) is 5.73 Å². The second-order valence-corrected chi connectivity index (χ2v) is 9.90. The van der Waals surface area contributed by atoms with Crippen LogP contribution in [0.4, 0.5) is 18.9 Å². The Morgan fingerprint density at radius 3 is 2.50 bits per heavy atom. The van der Waals surface area contributed by atoms with Gasteiger partial charge in [-0.1, -0.05) is 6.08 Å². The number of allylic oxidation sites excluding steroid dienone is 1. The van der Waals surface area contributed by atoms with Crippen LogP contribution in [0.2, 0.25) is 0 Å². The van der Waals surface area contributed by atoms with Crippen molar-refractivity contribution >= 4 is 17.4 Å². The van der Waals surface area contributed by atoms with Crippen molar-refractivity contribution in [1.82, 2.24) is 0 Å². The Morgan fingerprint density at radius 1 is 1.33 bits per heavy atom. The highest BCUT2D eigenvalue weighted by Crippen LogP contribution is 2.81. The molecular weight excluding hydrogens is 397 g/mol. The van der Waals surface area contributed by atoms with Crippen LogP contribution in [0.5, 0.6) is 0 Å². The summed E-state index contributed by atoms with van der Waals surface area (Å²) in [6.07, 6.45) is 1.82. The minimum absolute atomic E-state index is 0.0239. The van der Waals surface area contributed by atoms with Crippen molar-refractivity contribution in [3.63, 3.8) is 0 Å². The Bertz CT molecular complexity index is 1100. The third kappa shape index (κ3) is 1.82. The summed E-state index contributed by atoms with van der Waals surface area (Å²) in [5, 5.41) is 9.50. The lowest BCUT2D eigenvalue weighted by atomic mass is 9.67. The van der Waals surface area contributed by atoms with Gasteiger partial charge in [-0.15, -0.1) is 0 Å². The first kappa shape index (κ1) is 18.4. The molecule has 8 heteroatoms. The molecule has 4 fully saturated rings. The predicted octanol–water partition coefficient (Wildman–Crippen LogP) is 2.73. The molecule has 5 aliphatic rings. The molecule has 0 aromatic heterocycles. The number of carboxylic acids is 1. The first-order valence-corrected chi connectivity index (χ1v) is 10.2. The molecule has 30 heavy (non-hydrogen) atoms. The molecule has 1 aliphatic heterocycles. The summed E-state index contributed by atoms with van der Waals surface area (Å²) in [5.74, 6) is -2.88. The van der Waals surface area contributed by atoms with Crippen LogP contribution in [-0.4, -0.2) is 47.3 Å². The second kappa shape index (κ2) is 4.93. The number of fused-ring (bicyclic) bond motifs is 4. The van der Waals surface area contributed by atoms with Gasteiger partial charge >= 0.3 is 5.97 Å². The zero-order valence-corrected chi connectivity index (χ0v) is 16.4. The average Bonchev–Trinajstić information content (AvgIpc) is 3.49. The molecule has 2 unspecified atom stereocenters. The smallest absolute Gasteiger partial charge is 0.339 e. The van der Waals surface area contributed by atoms with Gasteiger partial charge in [0.2, 0.25) is 0 Å². The van der Waals surface area contributed by atoms with Crippen molar-refractivity contribution in [2.45, 2.75) is 55.4 Å². The monoisotopic (exact) mass is 418 g/mol. The third-order valence-corrected chi connectivity index (χ3v) is 8.48. The number of carbonyl (C=O) groups is 2. The van der Waals surface area contributed by atoms with Crippen molar-refractivity contribution in [3.05, 3.63) is 40.2 Å². The maximum atomic E-state index is 15.3. The molecule has 5 atom stereocenters. The zero-order valence-electron chi connectivity index (χ0n) is 16.4. The summed E-state index contributed by atoms with van der Waals surface area (Å²) in [6.45, 7) is 1.78. The quantitative estimate of drug-likeness (QED) is 0.722. The van der Waals surface area contributed by atoms with Gasteiger partial charge in [-0.05, 0) is 49.8 Å². The number of nitrogens with zero attached hydrogens (tertiary/aromatic N) is 1. The predicted molar refractivity (Wildman–Crippen MR) is 102 cm³/mol. The minimum Gasteiger partial charge on any atom is -0.478 e. The van der Waals surface area contributed by atoms with Gasteiger partial charge in [-0.25, -0.2) is 18.0 Å². The number of benzene rings is 1. The molecule has 0 bridgehead atoms. The Morgan fingerprint density at radius 2 is 2.03 bits per heavy atom. The Kier molecular flexibility index (Phi) is 3.03. The molecule has 158 valence electrons. The molecule has 1 aromatic rings. The topological polar surface area (TPSA) is 83.6 Å². The largest absolute Gasteiger partial charge is 0.478 e. The van der Waals surface area contributed by atoms with E-state index in [2.05, 4.69) is 0 Å². The summed E-state index contributed by atoms with van der Waals surface area (Å²) in [7, 11) is 0. The molecule has 4 aliphatic carbocycles. The number of alkyl halides is 2. The normalized spacial score (nSPS) is 42.7. The number of nitrogens with two attached hydrogens (primary N) is 1. The Labute approximate surface area is 170 Å². The molecule has 1 saturated heterocycles. The molecule has 1 aromatic carbocycles. The van der Waals surface area contributed by atoms with Crippen LogP contribution in [0.1, 0.15) is 47.2 Å². The highest BCUT2D eigenvalue weighted by atomic mass is 19.1. The van der Waals surface area contributed by atoms with Crippen LogP contribution in [-0.2, 0) is 10.2 Å². The van der Waals surface area contributed by atoms with Gasteiger partial charge in [0.15, 0.2) is 5.78 Å². The van der Waals surface area contributed by atoms with Gasteiger partial charge in [0.05, 0.1) is 17.8 Å². The van der Waals surface area contributed by atoms with E-state index in [1.165, 1.54) is 6.08 Å². The molecule has 5 nitrogen and oxygen atoms in total. The Balaban J connectivity index is 1.54. The van der Waals surface area contributed by atoms with E-state index in [1.807, 2.05) is 0 Å². The summed E-state index contributed by atoms with van der Waals surface area (Å²) in [6, 6.07) is 1.05. The fourth-order valence-corrected chi connectivity index (χ4v) is 6.52. The Hall–Kier alpha value is -2.35. The van der Waals surface area contributed by atoms with Crippen molar-refractivity contribution in [2.24, 2.45) is 11.1 Å². The molecule has 0 amide bonds. The zero-order chi connectivity index (χ0) is 21.4. The molecule has 1 heterocycles. The van der Waals surface area contributed by atoms with Crippen LogP contribution in [0.3, 0.4) is 0 Å². The number of hydrogen-bond acceptors (Lipinski definition) is 4. The van der Waals surface area contributed by atoms with Gasteiger partial charge in [0.1, 0.15) is 23.2 Å². The van der Waals surface area contributed by atoms with Crippen LogP contribution in [0.15, 0.2) is 17.7 Å². The first-order valence-electron chi connectivity index (χ1n) is 10.2. The summed E-state index contributed by atoms with van der Waals surface area (Å²) < 4.78 is 44.7. The number of ketones is 1. The van der Waals surface area contributed by atoms with Gasteiger partial charge in [-0.2, -0.15) is 0 Å². The minimum atomic E-state index is -1.58. The van der Waals surface area contributed by atoms with E-state index in [9.17, 15) is 19.1 Å². The number of halogens is 3. The lowest BCUT2D eigenvalue weighted by molar-refractivity contribution is -0.132. The second-order valence-electron chi connectivity index (χ2n) is 9.90. The number of carbonyl (C=O) groups excluding carboxylic acids is 1. The molecule has 3 N–H and O–H groups in total. The number of Topliss-reactive ketones (excluding diaryl/α,β-unsaturated/α-hetero) is 1. The number of carboxylic acid groups (broad SMARTS) is 1. The lowest BCUT2D eigenvalue weighted by Gasteiger charge is -2.45. The van der Waals surface area contributed by atoms with E-state index >= 15 is 8.78 Å². The SMILES string of the molecule is Cc1c(N2CC3(N)CC[C@]3(F)C2)c(F)cc2c1C1(C=C(C(=O)O)C2=O)C[C@@]12C[C@@H]2F. The lowest BCUT2D eigenvalue weighted by Crippen LogP contribution is -2.65. The molecule has 0 radical (unpaired) electrons. The maximum absolute atomic E-state index is 15.3. The number of aliphatic carboxylic acids is 1. The summed E-state index contributed by atoms with van der Waals surface area (Å²) in [4.78, 5) is 26.1. The molecule has 6 rings (SSSR count). The van der Waals surface area contributed by atoms with E-state index in [0.717, 1.165) is 6.07 Å². The van der Waals surface area contributed by atoms with Gasteiger partial charge in [-0.3, -0.25) is 4.79 Å². The first-order chi connectivity index (χ1) is 14.0. The fourth-order valence-electron chi connectivity index (χ4n) is 6.52. The molecule has 3 saturated carbocycles. The number of hydrogen-bond donors (Lipinski definition) is 2. The van der Waals surface area contributed by atoms with Crippen molar-refractivity contribution in [2.75, 3.05) is 18.0 Å². The molecular formula is C22H21F3N2O3. The van der Waals surface area contributed by atoms with Crippen LogP contribution < -0.4 is 10.6 Å². The van der Waals surface area contributed by atoms with Crippen LogP contribution >= 0.6 is 0 Å². The van der Waals surface area contributed by atoms with E-state index < -0.39 is 51.4 Å². The van der Waals surface area contributed by atoms with E-state index in [0.29, 0.717) is 36.8 Å². The number of anilines is 1. The van der Waals surface area contributed by atoms with Crippen molar-refractivity contribution in [1.29, 1.82) is 0 Å². The van der Waals surface area contributed by atoms with Gasteiger partial charge in [0, 0.05) is 22.9 Å². The van der Waals surface area contributed by atoms with Crippen LogP contribution in [0, 0.1) is 18.2 Å². The van der Waals surface area contributed by atoms with Gasteiger partial charge in [0.25, 0.3) is 0 Å². The molecule has 2 spiro atoms. The van der Waals surface area contributed by atoms with Crippen molar-refractivity contribution in [3.8, 4) is 0 Å². The number of rotatable bonds is 2. The van der Waals surface area contributed by atoms with E-state index in [-0.39, 0.29) is 24.3 Å². The maximum Gasteiger partial charge on any atom is 0.339 e. The van der Waals surface area contributed by atoms with E-state index in [1.54, 1.807) is 11.8 Å². The summed E-state index contributed by atoms with van der Waals surface area (Å²) >= 11 is 0. The average molecular weight is 418 g/mol. The fraction of sp³-hybridized carbons (Fsp3) is 0.545. The summed E-state index contributed by atoms with van der Waals surface area (Å²) in [5.41, 5.74) is 2.62. The van der Waals surface area contributed by atoms with Gasteiger partial charge < -0.3 is 15.7 Å². The highest BCUT2D eigenvalue weighted by Gasteiger charge is 2.82. The standard InChI is InChI=1S/C22H21F3N2O3/c1-10-15-11(4-13(23)16(10)27-8-21(25)2-3-22(21,26)9-27)17(28)12(18(29)30)5-20(15)7-19(20)6-14(19)24/h4-5,14H,2-3,6-9,26H2,1H3,(H,29,30)/t14-,19+,20?,21-,22?/m0/s1. The third-order valence-electron chi connectivity index (χ3n) is 8.48.